The van der Waals surface area contributed by atoms with Gasteiger partial charge in [-0.1, -0.05) is 74.0 Å². The van der Waals surface area contributed by atoms with Gasteiger partial charge < -0.3 is 9.45 Å². The minimum atomic E-state index is -4.25. The summed E-state index contributed by atoms with van der Waals surface area (Å²) >= 11 is 7.13. The Morgan fingerprint density at radius 3 is 2.22 bits per heavy atom. The van der Waals surface area contributed by atoms with E-state index in [9.17, 15) is 25.9 Å². The molecule has 0 saturated carbocycles. The van der Waals surface area contributed by atoms with Crippen molar-refractivity contribution >= 4 is 48.9 Å². The number of hydrogen-bond donors (Lipinski definition) is 1. The van der Waals surface area contributed by atoms with E-state index in [-0.39, 0.29) is 73.7 Å². The van der Waals surface area contributed by atoms with E-state index >= 15 is 0 Å². The fraction of sp³-hybridized carbons (Fsp3) is 0.447. The van der Waals surface area contributed by atoms with Crippen LogP contribution >= 0.6 is 11.6 Å². The second kappa shape index (κ2) is 16.7. The Hall–Kier alpha value is -1.38. The van der Waals surface area contributed by atoms with E-state index in [2.05, 4.69) is 85.7 Å². The molecule has 0 saturated heterocycles. The molecule has 2 aromatic carbocycles. The molecule has 2 aromatic rings. The van der Waals surface area contributed by atoms with Gasteiger partial charge >= 0.3 is 51.4 Å². The SMILES string of the molecule is CC1(C)C(/C=C/C2=C(Cl)C(=C/C=C3/N(CCCCS(=O)(=O)[O-])c4ccccc4C3(C)C)/CCC2)=[N+](CCCCS(=O)(=O)O)c2ccccc21.[K+]. The van der Waals surface area contributed by atoms with E-state index in [1.54, 1.807) is 0 Å². The first-order chi connectivity index (χ1) is 23.0. The van der Waals surface area contributed by atoms with Crippen LogP contribution in [0.15, 0.2) is 94.7 Å². The summed E-state index contributed by atoms with van der Waals surface area (Å²) in [7, 11) is -8.25. The van der Waals surface area contributed by atoms with Crippen molar-refractivity contribution in [3.63, 3.8) is 0 Å². The zero-order chi connectivity index (χ0) is 35.6. The van der Waals surface area contributed by atoms with Gasteiger partial charge in [0.1, 0.15) is 6.54 Å². The molecule has 1 N–H and O–H groups in total. The zero-order valence-corrected chi connectivity index (χ0v) is 35.3. The van der Waals surface area contributed by atoms with Crippen LogP contribution in [0.4, 0.5) is 11.4 Å². The van der Waals surface area contributed by atoms with Crippen LogP contribution in [0.3, 0.4) is 0 Å². The molecule has 8 nitrogen and oxygen atoms in total. The molecule has 0 bridgehead atoms. The van der Waals surface area contributed by atoms with Gasteiger partial charge in [-0.05, 0) is 81.2 Å². The van der Waals surface area contributed by atoms with Gasteiger partial charge in [0.25, 0.3) is 10.1 Å². The van der Waals surface area contributed by atoms with Crippen LogP contribution in [0.2, 0.25) is 0 Å². The normalized spacial score (nSPS) is 20.2. The van der Waals surface area contributed by atoms with E-state index < -0.39 is 20.2 Å². The number of halogens is 1. The molecule has 12 heteroatoms. The first-order valence-corrected chi connectivity index (χ1v) is 20.6. The van der Waals surface area contributed by atoms with Gasteiger partial charge in [-0.15, -0.1) is 0 Å². The van der Waals surface area contributed by atoms with E-state index in [1.165, 1.54) is 11.1 Å². The Balaban J connectivity index is 0.00000562. The van der Waals surface area contributed by atoms with E-state index in [4.69, 9.17) is 11.6 Å². The third kappa shape index (κ3) is 9.58. The molecule has 0 unspecified atom stereocenters. The second-order valence-electron chi connectivity index (χ2n) is 14.2. The van der Waals surface area contributed by atoms with Crippen LogP contribution in [0.1, 0.15) is 83.8 Å². The molecule has 50 heavy (non-hydrogen) atoms. The maximum atomic E-state index is 11.3. The Labute approximate surface area is 346 Å². The van der Waals surface area contributed by atoms with Crippen LogP contribution in [0.5, 0.6) is 0 Å². The van der Waals surface area contributed by atoms with Crippen molar-refractivity contribution in [3.8, 4) is 0 Å². The summed E-state index contributed by atoms with van der Waals surface area (Å²) in [5, 5.41) is 0.744. The average molecular weight is 766 g/mol. The Kier molecular flexibility index (Phi) is 13.9. The topological polar surface area (TPSA) is 118 Å². The standard InChI is InChI=1S/C38H47ClN2O6S2.K/c1-37(2)30-16-5-7-18-32(30)40(24-9-11-26-48(42,43)44)34(37)22-20-28-14-13-15-29(36(28)39)21-23-35-38(3,4)31-17-6-8-19-33(31)41(35)25-10-12-27-49(45,46)47;/h5-8,16-23H,9-15,24-27H2,1-4H3,(H-,42,43,44,45,46,47);/q;+1. The summed E-state index contributed by atoms with van der Waals surface area (Å²) in [6.45, 7) is 10.0. The summed E-state index contributed by atoms with van der Waals surface area (Å²) in [6, 6.07) is 16.6. The first-order valence-electron chi connectivity index (χ1n) is 17.0. The molecule has 0 amide bonds. The molecule has 3 aliphatic rings. The minimum absolute atomic E-state index is 0. The predicted molar refractivity (Wildman–Crippen MR) is 198 cm³/mol. The second-order valence-corrected chi connectivity index (χ2v) is 17.7. The molecule has 5 rings (SSSR count). The third-order valence-corrected chi connectivity index (χ3v) is 12.1. The van der Waals surface area contributed by atoms with Gasteiger partial charge in [0.15, 0.2) is 5.71 Å². The zero-order valence-electron chi connectivity index (χ0n) is 29.8. The van der Waals surface area contributed by atoms with Gasteiger partial charge in [0, 0.05) is 58.3 Å². The fourth-order valence-corrected chi connectivity index (χ4v) is 8.88. The van der Waals surface area contributed by atoms with Crippen molar-refractivity contribution in [2.75, 3.05) is 29.5 Å². The van der Waals surface area contributed by atoms with Gasteiger partial charge in [-0.25, -0.2) is 8.42 Å². The third-order valence-electron chi connectivity index (χ3n) is 10.00. The largest absolute Gasteiger partial charge is 1.00 e. The quantitative estimate of drug-likeness (QED) is 0.134. The van der Waals surface area contributed by atoms with Gasteiger partial charge in [-0.3, -0.25) is 4.55 Å². The van der Waals surface area contributed by atoms with Gasteiger partial charge in [0.2, 0.25) is 5.69 Å². The van der Waals surface area contributed by atoms with Crippen molar-refractivity contribution in [2.45, 2.75) is 83.5 Å². The van der Waals surface area contributed by atoms with Crippen LogP contribution in [0, 0.1) is 0 Å². The minimum Gasteiger partial charge on any atom is -0.748 e. The molecule has 264 valence electrons. The predicted octanol–water partition coefficient (Wildman–Crippen LogP) is 4.90. The van der Waals surface area contributed by atoms with Crippen LogP contribution in [-0.4, -0.2) is 60.8 Å². The van der Waals surface area contributed by atoms with E-state index in [0.29, 0.717) is 38.8 Å². The molecule has 2 aliphatic heterocycles. The fourth-order valence-electron chi connectivity index (χ4n) is 7.43. The van der Waals surface area contributed by atoms with Crippen molar-refractivity contribution in [3.05, 3.63) is 106 Å². The molecule has 1 aliphatic carbocycles. The molecule has 0 fully saturated rings. The number of anilines is 1. The van der Waals surface area contributed by atoms with Crippen molar-refractivity contribution in [2.24, 2.45) is 0 Å². The van der Waals surface area contributed by atoms with Crippen molar-refractivity contribution in [1.82, 2.24) is 0 Å². The number of rotatable bonds is 13. The van der Waals surface area contributed by atoms with Crippen LogP contribution < -0.4 is 56.3 Å². The monoisotopic (exact) mass is 765 g/mol. The number of hydrogen-bond acceptors (Lipinski definition) is 6. The maximum absolute atomic E-state index is 11.3. The number of benzene rings is 2. The smallest absolute Gasteiger partial charge is 0.748 e. The molecular weight excluding hydrogens is 719 g/mol. The number of unbranched alkanes of at least 4 members (excludes halogenated alkanes) is 2. The Bertz CT molecular complexity index is 1980. The molecule has 2 heterocycles. The number of para-hydroxylation sites is 2. The summed E-state index contributed by atoms with van der Waals surface area (Å²) in [5.41, 5.74) is 8.39. The van der Waals surface area contributed by atoms with Crippen molar-refractivity contribution < 1.29 is 81.9 Å². The summed E-state index contributed by atoms with van der Waals surface area (Å²) < 4.78 is 67.7. The summed E-state index contributed by atoms with van der Waals surface area (Å²) in [5.74, 6) is -0.614. The van der Waals surface area contributed by atoms with Gasteiger partial charge in [0.05, 0.1) is 21.3 Å². The first kappa shape index (κ1) is 41.4. The molecule has 0 aromatic heterocycles. The molecule has 0 spiro atoms. The molecular formula is C38H47ClKN2O6S2+. The Morgan fingerprint density at radius 2 is 1.52 bits per heavy atom. The maximum Gasteiger partial charge on any atom is 1.00 e. The number of fused-ring (bicyclic) bond motifs is 2. The summed E-state index contributed by atoms with van der Waals surface area (Å²) in [6.07, 6.45) is 13.1. The average Bonchev–Trinajstić information content (AvgIpc) is 3.37. The van der Waals surface area contributed by atoms with Crippen LogP contribution in [-0.2, 0) is 31.1 Å². The number of allylic oxidation sites excluding steroid dienone is 8. The van der Waals surface area contributed by atoms with E-state index in [1.807, 2.05) is 24.3 Å². The molecule has 0 atom stereocenters. The van der Waals surface area contributed by atoms with E-state index in [0.717, 1.165) is 58.2 Å². The van der Waals surface area contributed by atoms with Crippen LogP contribution in [0.25, 0.3) is 0 Å². The Morgan fingerprint density at radius 1 is 0.860 bits per heavy atom. The molecule has 0 radical (unpaired) electrons. The summed E-state index contributed by atoms with van der Waals surface area (Å²) in [4.78, 5) is 2.24. The number of nitrogens with zero attached hydrogens (tertiary/aromatic N) is 2. The van der Waals surface area contributed by atoms with Crippen molar-refractivity contribution in [1.29, 1.82) is 0 Å². The van der Waals surface area contributed by atoms with Gasteiger partial charge in [-0.2, -0.15) is 13.0 Å².